The van der Waals surface area contributed by atoms with Gasteiger partial charge in [-0.1, -0.05) is 30.2 Å². The van der Waals surface area contributed by atoms with E-state index in [9.17, 15) is 4.39 Å². The van der Waals surface area contributed by atoms with Crippen molar-refractivity contribution in [2.75, 3.05) is 29.0 Å². The number of hydrogen-bond acceptors (Lipinski definition) is 7. The number of aromatic nitrogens is 3. The third kappa shape index (κ3) is 6.69. The van der Waals surface area contributed by atoms with Gasteiger partial charge < -0.3 is 21.7 Å². The zero-order valence-electron chi connectivity index (χ0n) is 16.5. The standard InChI is InChI=1S/C21H26FN7/c1-15-8-10-17(11-9-15)25-20-27-19(24-13-4-2-3-12-23)28-21(29-20)26-18-7-5-6-16(22)14-18/h5-11,14H,2-4,12-13,23H2,1H3,(H3,24,25,26,27,28,29). The Labute approximate surface area is 170 Å². The van der Waals surface area contributed by atoms with Gasteiger partial charge in [-0.3, -0.25) is 0 Å². The highest BCUT2D eigenvalue weighted by atomic mass is 19.1. The van der Waals surface area contributed by atoms with Crippen molar-refractivity contribution in [3.05, 3.63) is 59.9 Å². The maximum Gasteiger partial charge on any atom is 0.233 e. The molecule has 0 saturated carbocycles. The normalized spacial score (nSPS) is 10.6. The van der Waals surface area contributed by atoms with Gasteiger partial charge in [0.25, 0.3) is 0 Å². The van der Waals surface area contributed by atoms with Crippen molar-refractivity contribution in [1.82, 2.24) is 15.0 Å². The van der Waals surface area contributed by atoms with Crippen LogP contribution in [0.4, 0.5) is 33.6 Å². The first-order valence-corrected chi connectivity index (χ1v) is 9.69. The van der Waals surface area contributed by atoms with Gasteiger partial charge in [0.2, 0.25) is 17.8 Å². The van der Waals surface area contributed by atoms with E-state index in [-0.39, 0.29) is 5.82 Å². The molecule has 29 heavy (non-hydrogen) atoms. The molecule has 3 aromatic rings. The SMILES string of the molecule is Cc1ccc(Nc2nc(NCCCCCN)nc(Nc3cccc(F)c3)n2)cc1. The minimum absolute atomic E-state index is 0.324. The third-order valence-corrected chi connectivity index (χ3v) is 4.19. The van der Waals surface area contributed by atoms with E-state index in [0.29, 0.717) is 30.1 Å². The topological polar surface area (TPSA) is 101 Å². The number of benzene rings is 2. The van der Waals surface area contributed by atoms with Crippen LogP contribution >= 0.6 is 0 Å². The van der Waals surface area contributed by atoms with Gasteiger partial charge in [-0.2, -0.15) is 15.0 Å². The van der Waals surface area contributed by atoms with Crippen molar-refractivity contribution in [2.45, 2.75) is 26.2 Å². The summed E-state index contributed by atoms with van der Waals surface area (Å²) in [5.74, 6) is 0.832. The summed E-state index contributed by atoms with van der Waals surface area (Å²) in [6.07, 6.45) is 3.00. The average molecular weight is 395 g/mol. The highest BCUT2D eigenvalue weighted by Crippen LogP contribution is 2.19. The molecule has 2 aromatic carbocycles. The molecule has 1 heterocycles. The Morgan fingerprint density at radius 1 is 0.828 bits per heavy atom. The lowest BCUT2D eigenvalue weighted by atomic mass is 10.2. The maximum atomic E-state index is 13.5. The second-order valence-corrected chi connectivity index (χ2v) is 6.71. The summed E-state index contributed by atoms with van der Waals surface area (Å²) in [7, 11) is 0. The lowest BCUT2D eigenvalue weighted by Gasteiger charge is -2.11. The number of nitrogens with one attached hydrogen (secondary N) is 3. The van der Waals surface area contributed by atoms with Gasteiger partial charge >= 0.3 is 0 Å². The van der Waals surface area contributed by atoms with E-state index in [1.807, 2.05) is 31.2 Å². The molecule has 152 valence electrons. The van der Waals surface area contributed by atoms with E-state index in [2.05, 4.69) is 30.9 Å². The Hall–Kier alpha value is -3.26. The molecule has 7 nitrogen and oxygen atoms in total. The minimum atomic E-state index is -0.333. The van der Waals surface area contributed by atoms with Crippen LogP contribution in [0.2, 0.25) is 0 Å². The zero-order valence-corrected chi connectivity index (χ0v) is 16.5. The second-order valence-electron chi connectivity index (χ2n) is 6.71. The van der Waals surface area contributed by atoms with E-state index in [4.69, 9.17) is 5.73 Å². The zero-order chi connectivity index (χ0) is 20.5. The first kappa shape index (κ1) is 20.5. The van der Waals surface area contributed by atoms with Crippen molar-refractivity contribution in [1.29, 1.82) is 0 Å². The first-order valence-electron chi connectivity index (χ1n) is 9.69. The predicted octanol–water partition coefficient (Wildman–Crippen LogP) is 4.35. The molecule has 0 atom stereocenters. The molecule has 3 rings (SSSR count). The third-order valence-electron chi connectivity index (χ3n) is 4.19. The van der Waals surface area contributed by atoms with E-state index >= 15 is 0 Å². The highest BCUT2D eigenvalue weighted by molar-refractivity contribution is 5.59. The Kier molecular flexibility index (Phi) is 7.29. The van der Waals surface area contributed by atoms with E-state index in [1.54, 1.807) is 12.1 Å². The Morgan fingerprint density at radius 3 is 2.21 bits per heavy atom. The average Bonchev–Trinajstić information content (AvgIpc) is 2.69. The summed E-state index contributed by atoms with van der Waals surface area (Å²) in [6, 6.07) is 14.1. The molecule has 1 aromatic heterocycles. The van der Waals surface area contributed by atoms with Crippen molar-refractivity contribution >= 4 is 29.2 Å². The number of aryl methyl sites for hydroxylation is 1. The number of halogens is 1. The molecule has 0 radical (unpaired) electrons. The Balaban J connectivity index is 1.77. The summed E-state index contributed by atoms with van der Waals surface area (Å²) in [5, 5.41) is 9.44. The van der Waals surface area contributed by atoms with Crippen molar-refractivity contribution in [2.24, 2.45) is 5.73 Å². The van der Waals surface area contributed by atoms with Crippen LogP contribution in [0.3, 0.4) is 0 Å². The number of nitrogens with two attached hydrogens (primary N) is 1. The molecule has 0 aliphatic heterocycles. The molecule has 0 unspecified atom stereocenters. The molecule has 8 heteroatoms. The monoisotopic (exact) mass is 395 g/mol. The fourth-order valence-electron chi connectivity index (χ4n) is 2.67. The lowest BCUT2D eigenvalue weighted by Crippen LogP contribution is -2.11. The van der Waals surface area contributed by atoms with Crippen molar-refractivity contribution < 1.29 is 4.39 Å². The summed E-state index contributed by atoms with van der Waals surface area (Å²) in [4.78, 5) is 13.3. The van der Waals surface area contributed by atoms with Gasteiger partial charge in [-0.15, -0.1) is 0 Å². The number of unbranched alkanes of at least 4 members (excludes halogenated alkanes) is 2. The summed E-state index contributed by atoms with van der Waals surface area (Å²) < 4.78 is 13.5. The van der Waals surface area contributed by atoms with Crippen molar-refractivity contribution in [3.8, 4) is 0 Å². The van der Waals surface area contributed by atoms with Crippen molar-refractivity contribution in [3.63, 3.8) is 0 Å². The van der Waals surface area contributed by atoms with Gasteiger partial charge in [-0.05, 0) is 56.6 Å². The number of anilines is 5. The number of rotatable bonds is 10. The highest BCUT2D eigenvalue weighted by Gasteiger charge is 2.08. The molecular weight excluding hydrogens is 369 g/mol. The smallest absolute Gasteiger partial charge is 0.233 e. The van der Waals surface area contributed by atoms with Crippen LogP contribution in [0.1, 0.15) is 24.8 Å². The number of hydrogen-bond donors (Lipinski definition) is 4. The predicted molar refractivity (Wildman–Crippen MR) is 115 cm³/mol. The van der Waals surface area contributed by atoms with Crippen LogP contribution in [-0.4, -0.2) is 28.0 Å². The fourth-order valence-corrected chi connectivity index (χ4v) is 2.67. The molecule has 0 spiro atoms. The van der Waals surface area contributed by atoms with E-state index < -0.39 is 0 Å². The molecule has 0 bridgehead atoms. The molecule has 0 amide bonds. The summed E-state index contributed by atoms with van der Waals surface area (Å²) >= 11 is 0. The maximum absolute atomic E-state index is 13.5. The molecule has 0 aliphatic rings. The van der Waals surface area contributed by atoms with Gasteiger partial charge in [0.1, 0.15) is 5.82 Å². The quantitative estimate of drug-likeness (QED) is 0.379. The number of nitrogens with zero attached hydrogens (tertiary/aromatic N) is 3. The lowest BCUT2D eigenvalue weighted by molar-refractivity contribution is 0.628. The van der Waals surface area contributed by atoms with Gasteiger partial charge in [0, 0.05) is 17.9 Å². The van der Waals surface area contributed by atoms with E-state index in [0.717, 1.165) is 31.5 Å². The molecule has 0 aliphatic carbocycles. The first-order chi connectivity index (χ1) is 14.1. The van der Waals surface area contributed by atoms with E-state index in [1.165, 1.54) is 17.7 Å². The molecular formula is C21H26FN7. The van der Waals surface area contributed by atoms with Crippen LogP contribution in [0.25, 0.3) is 0 Å². The Morgan fingerprint density at radius 2 is 1.52 bits per heavy atom. The Bertz CT molecular complexity index is 915. The van der Waals surface area contributed by atoms with Crippen LogP contribution in [0, 0.1) is 12.7 Å². The minimum Gasteiger partial charge on any atom is -0.354 e. The van der Waals surface area contributed by atoms with Crippen LogP contribution in [0.15, 0.2) is 48.5 Å². The summed E-state index contributed by atoms with van der Waals surface area (Å²) in [5.41, 5.74) is 8.13. The van der Waals surface area contributed by atoms with Gasteiger partial charge in [0.15, 0.2) is 0 Å². The van der Waals surface area contributed by atoms with Crippen LogP contribution in [0.5, 0.6) is 0 Å². The van der Waals surface area contributed by atoms with Gasteiger partial charge in [0.05, 0.1) is 0 Å². The summed E-state index contributed by atoms with van der Waals surface area (Å²) in [6.45, 7) is 3.45. The second kappa shape index (κ2) is 10.3. The molecule has 0 saturated heterocycles. The van der Waals surface area contributed by atoms with Gasteiger partial charge in [-0.25, -0.2) is 4.39 Å². The largest absolute Gasteiger partial charge is 0.354 e. The molecule has 5 N–H and O–H groups in total. The van der Waals surface area contributed by atoms with Crippen LogP contribution < -0.4 is 21.7 Å². The van der Waals surface area contributed by atoms with Crippen LogP contribution in [-0.2, 0) is 0 Å². The molecule has 0 fully saturated rings. The fraction of sp³-hybridized carbons (Fsp3) is 0.286.